The Kier molecular flexibility index (Phi) is 6.79. The molecule has 0 unspecified atom stereocenters. The van der Waals surface area contributed by atoms with Crippen molar-refractivity contribution in [1.82, 2.24) is 14.5 Å². The van der Waals surface area contributed by atoms with Crippen LogP contribution < -0.4 is 5.32 Å². The molecule has 2 heterocycles. The lowest BCUT2D eigenvalue weighted by atomic mass is 10.1. The van der Waals surface area contributed by atoms with E-state index in [1.807, 2.05) is 0 Å². The minimum Gasteiger partial charge on any atom is -0.318 e. The zero-order valence-electron chi connectivity index (χ0n) is 16.7. The van der Waals surface area contributed by atoms with E-state index in [0.29, 0.717) is 5.56 Å². The smallest absolute Gasteiger partial charge is 0.274 e. The molecular weight excluding hydrogens is 519 g/mol. The summed E-state index contributed by atoms with van der Waals surface area (Å²) in [5.41, 5.74) is 0.421. The zero-order chi connectivity index (χ0) is 24.6. The normalized spacial score (nSPS) is 11.0. The van der Waals surface area contributed by atoms with E-state index in [4.69, 9.17) is 34.8 Å². The van der Waals surface area contributed by atoms with Gasteiger partial charge < -0.3 is 9.88 Å². The van der Waals surface area contributed by atoms with Gasteiger partial charge in [0.2, 0.25) is 0 Å². The van der Waals surface area contributed by atoms with Crippen molar-refractivity contribution in [3.8, 4) is 11.4 Å². The first-order valence-corrected chi connectivity index (χ1v) is 10.5. The molecule has 1 amide bonds. The van der Waals surface area contributed by atoms with Crippen molar-refractivity contribution in [3.63, 3.8) is 0 Å². The predicted molar refractivity (Wildman–Crippen MR) is 120 cm³/mol. The van der Waals surface area contributed by atoms with Crippen LogP contribution in [0.25, 0.3) is 11.4 Å². The predicted octanol–water partition coefficient (Wildman–Crippen LogP) is 6.76. The number of rotatable bonds is 5. The second-order valence-electron chi connectivity index (χ2n) is 6.98. The number of pyridine rings is 1. The number of nitrogens with zero attached hydrogens (tertiary/aromatic N) is 3. The van der Waals surface area contributed by atoms with E-state index in [1.54, 1.807) is 0 Å². The third-order valence-corrected chi connectivity index (χ3v) is 5.51. The molecule has 174 valence electrons. The van der Waals surface area contributed by atoms with Crippen molar-refractivity contribution in [2.75, 3.05) is 5.32 Å². The van der Waals surface area contributed by atoms with Gasteiger partial charge in [0.15, 0.2) is 22.6 Å². The maximum atomic E-state index is 13.9. The number of carbonyl (C=O) groups is 1. The summed E-state index contributed by atoms with van der Waals surface area (Å²) in [5, 5.41) is 2.43. The fraction of sp³-hybridized carbons (Fsp3) is 0.0455. The molecule has 0 aliphatic carbocycles. The number of nitrogens with one attached hydrogen (secondary N) is 1. The second kappa shape index (κ2) is 9.61. The standard InChI is InChI=1S/C22H11Cl3F4N4O/c23-12-5-10(1-2-13(12)26)9-33-17(22(34)31-16-3-4-18(24)32-20(16)25)8-30-21(33)11-6-14(27)19(29)15(28)7-11/h1-8H,9H2,(H,31,34). The molecule has 0 atom stereocenters. The molecule has 0 aliphatic heterocycles. The molecule has 0 bridgehead atoms. The third kappa shape index (κ3) is 4.86. The van der Waals surface area contributed by atoms with Gasteiger partial charge in [-0.1, -0.05) is 40.9 Å². The van der Waals surface area contributed by atoms with Crippen LogP contribution in [0.2, 0.25) is 15.3 Å². The van der Waals surface area contributed by atoms with E-state index in [2.05, 4.69) is 15.3 Å². The SMILES string of the molecule is O=C(Nc1ccc(Cl)nc1Cl)c1cnc(-c2cc(F)c(F)c(F)c2)n1Cc1ccc(F)c(Cl)c1. The Morgan fingerprint density at radius 1 is 0.941 bits per heavy atom. The summed E-state index contributed by atoms with van der Waals surface area (Å²) in [7, 11) is 0. The number of amides is 1. The molecule has 0 radical (unpaired) electrons. The summed E-state index contributed by atoms with van der Waals surface area (Å²) in [6.07, 6.45) is 1.16. The summed E-state index contributed by atoms with van der Waals surface area (Å²) >= 11 is 17.6. The number of halogens is 7. The summed E-state index contributed by atoms with van der Waals surface area (Å²) in [5.74, 6) is -5.90. The van der Waals surface area contributed by atoms with Crippen LogP contribution >= 0.6 is 34.8 Å². The van der Waals surface area contributed by atoms with Gasteiger partial charge in [-0.25, -0.2) is 27.5 Å². The molecule has 0 spiro atoms. The molecule has 0 saturated heterocycles. The molecule has 2 aromatic heterocycles. The summed E-state index contributed by atoms with van der Waals surface area (Å²) in [6, 6.07) is 8.21. The number of benzene rings is 2. The minimum absolute atomic E-state index is 0.0494. The molecule has 0 fully saturated rings. The van der Waals surface area contributed by atoms with Crippen molar-refractivity contribution in [1.29, 1.82) is 0 Å². The summed E-state index contributed by atoms with van der Waals surface area (Å²) < 4.78 is 56.2. The van der Waals surface area contributed by atoms with Crippen molar-refractivity contribution in [2.24, 2.45) is 0 Å². The van der Waals surface area contributed by atoms with Crippen LogP contribution in [-0.2, 0) is 6.54 Å². The van der Waals surface area contributed by atoms with Crippen LogP contribution in [0.15, 0.2) is 48.7 Å². The number of anilines is 1. The highest BCUT2D eigenvalue weighted by Gasteiger charge is 2.22. The van der Waals surface area contributed by atoms with Crippen molar-refractivity contribution >= 4 is 46.4 Å². The van der Waals surface area contributed by atoms with Crippen LogP contribution in [0, 0.1) is 23.3 Å². The van der Waals surface area contributed by atoms with Gasteiger partial charge in [-0.05, 0) is 42.0 Å². The average molecular weight is 530 g/mol. The van der Waals surface area contributed by atoms with E-state index in [-0.39, 0.29) is 44.6 Å². The fourth-order valence-electron chi connectivity index (χ4n) is 3.14. The Labute approximate surface area is 204 Å². The zero-order valence-corrected chi connectivity index (χ0v) is 19.0. The maximum Gasteiger partial charge on any atom is 0.274 e. The molecule has 0 saturated carbocycles. The molecule has 2 aromatic carbocycles. The highest BCUT2D eigenvalue weighted by atomic mass is 35.5. The Bertz CT molecular complexity index is 1400. The van der Waals surface area contributed by atoms with Crippen LogP contribution in [0.5, 0.6) is 0 Å². The first kappa shape index (κ1) is 24.0. The van der Waals surface area contributed by atoms with Gasteiger partial charge in [0.05, 0.1) is 16.9 Å². The highest BCUT2D eigenvalue weighted by molar-refractivity contribution is 6.34. The molecule has 1 N–H and O–H groups in total. The summed E-state index contributed by atoms with van der Waals surface area (Å²) in [4.78, 5) is 21.0. The monoisotopic (exact) mass is 528 g/mol. The quantitative estimate of drug-likeness (QED) is 0.176. The third-order valence-electron chi connectivity index (χ3n) is 4.72. The first-order chi connectivity index (χ1) is 16.1. The molecule has 4 aromatic rings. The van der Waals surface area contributed by atoms with E-state index in [1.165, 1.54) is 28.8 Å². The largest absolute Gasteiger partial charge is 0.318 e. The van der Waals surface area contributed by atoms with E-state index >= 15 is 0 Å². The maximum absolute atomic E-state index is 13.9. The summed E-state index contributed by atoms with van der Waals surface area (Å²) in [6.45, 7) is -0.0920. The van der Waals surface area contributed by atoms with E-state index < -0.39 is 29.2 Å². The Morgan fingerprint density at radius 3 is 2.29 bits per heavy atom. The molecule has 0 aliphatic rings. The second-order valence-corrected chi connectivity index (χ2v) is 8.13. The molecule has 34 heavy (non-hydrogen) atoms. The van der Waals surface area contributed by atoms with Crippen LogP contribution in [0.4, 0.5) is 23.2 Å². The fourth-order valence-corrected chi connectivity index (χ4v) is 3.74. The van der Waals surface area contributed by atoms with Gasteiger partial charge in [0, 0.05) is 12.1 Å². The Balaban J connectivity index is 1.79. The van der Waals surface area contributed by atoms with Gasteiger partial charge in [-0.2, -0.15) is 0 Å². The number of carbonyl (C=O) groups excluding carboxylic acids is 1. The molecule has 4 rings (SSSR count). The van der Waals surface area contributed by atoms with E-state index in [9.17, 15) is 22.4 Å². The van der Waals surface area contributed by atoms with Crippen LogP contribution in [-0.4, -0.2) is 20.4 Å². The lowest BCUT2D eigenvalue weighted by Crippen LogP contribution is -2.18. The number of hydrogen-bond acceptors (Lipinski definition) is 3. The Morgan fingerprint density at radius 2 is 1.65 bits per heavy atom. The molecule has 5 nitrogen and oxygen atoms in total. The van der Waals surface area contributed by atoms with Gasteiger partial charge in [0.25, 0.3) is 5.91 Å². The topological polar surface area (TPSA) is 59.8 Å². The highest BCUT2D eigenvalue weighted by Crippen LogP contribution is 2.27. The average Bonchev–Trinajstić information content (AvgIpc) is 3.19. The van der Waals surface area contributed by atoms with Crippen molar-refractivity contribution in [2.45, 2.75) is 6.54 Å². The molecule has 12 heteroatoms. The molecular formula is C22H11Cl3F4N4O. The van der Waals surface area contributed by atoms with Crippen LogP contribution in [0.3, 0.4) is 0 Å². The van der Waals surface area contributed by atoms with Gasteiger partial charge in [-0.15, -0.1) is 0 Å². The lowest BCUT2D eigenvalue weighted by molar-refractivity contribution is 0.101. The number of imidazole rings is 1. The van der Waals surface area contributed by atoms with Crippen molar-refractivity contribution in [3.05, 3.63) is 98.5 Å². The van der Waals surface area contributed by atoms with Gasteiger partial charge in [0.1, 0.15) is 22.5 Å². The van der Waals surface area contributed by atoms with Crippen molar-refractivity contribution < 1.29 is 22.4 Å². The van der Waals surface area contributed by atoms with Gasteiger partial charge in [-0.3, -0.25) is 4.79 Å². The number of aromatic nitrogens is 3. The van der Waals surface area contributed by atoms with Crippen LogP contribution in [0.1, 0.15) is 16.1 Å². The lowest BCUT2D eigenvalue weighted by Gasteiger charge is -2.14. The minimum atomic E-state index is -1.64. The van der Waals surface area contributed by atoms with E-state index in [0.717, 1.165) is 24.4 Å². The van der Waals surface area contributed by atoms with Gasteiger partial charge >= 0.3 is 0 Å². The first-order valence-electron chi connectivity index (χ1n) is 9.42. The Hall–Kier alpha value is -3.14. The number of hydrogen-bond donors (Lipinski definition) is 1.